The first kappa shape index (κ1) is 15.3. The Bertz CT molecular complexity index is 282. The Morgan fingerprint density at radius 1 is 1.16 bits per heavy atom. The lowest BCUT2D eigenvalue weighted by atomic mass is 9.64. The molecule has 0 aromatic heterocycles. The van der Waals surface area contributed by atoms with Crippen molar-refractivity contribution in [3.8, 4) is 0 Å². The van der Waals surface area contributed by atoms with Crippen LogP contribution < -0.4 is 0 Å². The van der Waals surface area contributed by atoms with Gasteiger partial charge in [0.1, 0.15) is 0 Å². The van der Waals surface area contributed by atoms with Gasteiger partial charge in [-0.2, -0.15) is 0 Å². The van der Waals surface area contributed by atoms with Crippen LogP contribution in [0.1, 0.15) is 51.4 Å². The minimum Gasteiger partial charge on any atom is -0.389 e. The van der Waals surface area contributed by atoms with Crippen LogP contribution in [0, 0.1) is 11.8 Å². The lowest BCUT2D eigenvalue weighted by Gasteiger charge is -2.48. The molecule has 0 spiro atoms. The lowest BCUT2D eigenvalue weighted by Crippen LogP contribution is -2.52. The normalized spacial score (nSPS) is 40.6. The summed E-state index contributed by atoms with van der Waals surface area (Å²) < 4.78 is 5.55. The summed E-state index contributed by atoms with van der Waals surface area (Å²) in [6.07, 6.45) is 9.62. The van der Waals surface area contributed by atoms with Crippen molar-refractivity contribution in [3.63, 3.8) is 0 Å². The van der Waals surface area contributed by atoms with Crippen molar-refractivity contribution < 1.29 is 9.84 Å². The molecular formula is C16H31NO2. The Balaban J connectivity index is 2.07. The Labute approximate surface area is 118 Å². The van der Waals surface area contributed by atoms with Crippen LogP contribution >= 0.6 is 0 Å². The molecular weight excluding hydrogens is 238 g/mol. The first-order chi connectivity index (χ1) is 9.06. The topological polar surface area (TPSA) is 32.7 Å². The van der Waals surface area contributed by atoms with Crippen LogP contribution in [0.15, 0.2) is 0 Å². The highest BCUT2D eigenvalue weighted by Gasteiger charge is 2.46. The van der Waals surface area contributed by atoms with Crippen LogP contribution in [0.5, 0.6) is 0 Å². The van der Waals surface area contributed by atoms with Crippen molar-refractivity contribution in [1.82, 2.24) is 4.90 Å². The van der Waals surface area contributed by atoms with Crippen molar-refractivity contribution in [2.45, 2.75) is 63.1 Å². The summed E-state index contributed by atoms with van der Waals surface area (Å²) in [5.41, 5.74) is -0.445. The zero-order valence-electron chi connectivity index (χ0n) is 12.9. The molecule has 2 unspecified atom stereocenters. The zero-order valence-corrected chi connectivity index (χ0v) is 12.9. The van der Waals surface area contributed by atoms with Crippen LogP contribution in [0.25, 0.3) is 0 Å². The van der Waals surface area contributed by atoms with E-state index < -0.39 is 5.60 Å². The van der Waals surface area contributed by atoms with Crippen LogP contribution in [0.4, 0.5) is 0 Å². The van der Waals surface area contributed by atoms with E-state index in [1.807, 2.05) is 7.11 Å². The zero-order chi connectivity index (χ0) is 13.9. The average molecular weight is 269 g/mol. The third kappa shape index (κ3) is 3.50. The highest BCUT2D eigenvalue weighted by Crippen LogP contribution is 2.45. The van der Waals surface area contributed by atoms with Crippen molar-refractivity contribution in [2.24, 2.45) is 11.8 Å². The van der Waals surface area contributed by atoms with Gasteiger partial charge < -0.3 is 14.7 Å². The standard InChI is InChI=1S/C16H31NO2/c1-17(2)12-14-7-4-5-10-16(14,18)13-8-6-9-15(11-13)19-3/h13-15,18H,4-12H2,1-3H3/t13-,14+,15?,16?/m0/s1. The van der Waals surface area contributed by atoms with Gasteiger partial charge in [0.15, 0.2) is 0 Å². The quantitative estimate of drug-likeness (QED) is 0.851. The van der Waals surface area contributed by atoms with Gasteiger partial charge in [-0.05, 0) is 52.1 Å². The predicted octanol–water partition coefficient (Wildman–Crippen LogP) is 2.67. The fourth-order valence-electron chi connectivity index (χ4n) is 4.29. The molecule has 2 saturated carbocycles. The second-order valence-electron chi connectivity index (χ2n) is 6.92. The van der Waals surface area contributed by atoms with Gasteiger partial charge in [-0.3, -0.25) is 0 Å². The summed E-state index contributed by atoms with van der Waals surface area (Å²) in [7, 11) is 6.05. The van der Waals surface area contributed by atoms with E-state index in [2.05, 4.69) is 19.0 Å². The Morgan fingerprint density at radius 3 is 2.63 bits per heavy atom. The minimum atomic E-state index is -0.445. The number of methoxy groups -OCH3 is 1. The molecule has 0 heterocycles. The SMILES string of the molecule is COC1CCC[C@H](C2(O)CCCC[C@@H]2CN(C)C)C1. The van der Waals surface area contributed by atoms with Gasteiger partial charge in [-0.1, -0.05) is 19.3 Å². The largest absolute Gasteiger partial charge is 0.389 e. The predicted molar refractivity (Wildman–Crippen MR) is 78.2 cm³/mol. The van der Waals surface area contributed by atoms with Crippen molar-refractivity contribution in [3.05, 3.63) is 0 Å². The third-order valence-corrected chi connectivity index (χ3v) is 5.34. The average Bonchev–Trinajstić information content (AvgIpc) is 2.41. The van der Waals surface area contributed by atoms with E-state index in [0.29, 0.717) is 17.9 Å². The van der Waals surface area contributed by atoms with Gasteiger partial charge in [0.05, 0.1) is 11.7 Å². The number of hydrogen-bond donors (Lipinski definition) is 1. The number of aliphatic hydroxyl groups is 1. The van der Waals surface area contributed by atoms with Crippen LogP contribution in [-0.4, -0.2) is 49.5 Å². The molecule has 0 bridgehead atoms. The van der Waals surface area contributed by atoms with Crippen LogP contribution in [0.3, 0.4) is 0 Å². The summed E-state index contributed by atoms with van der Waals surface area (Å²) in [6, 6.07) is 0. The first-order valence-corrected chi connectivity index (χ1v) is 7.96. The fraction of sp³-hybridized carbons (Fsp3) is 1.00. The maximum Gasteiger partial charge on any atom is 0.0716 e. The summed E-state index contributed by atoms with van der Waals surface area (Å²) in [4.78, 5) is 2.23. The van der Waals surface area contributed by atoms with Gasteiger partial charge in [-0.15, -0.1) is 0 Å². The molecule has 1 N–H and O–H groups in total. The molecule has 0 radical (unpaired) electrons. The van der Waals surface area contributed by atoms with Crippen molar-refractivity contribution >= 4 is 0 Å². The van der Waals surface area contributed by atoms with Gasteiger partial charge >= 0.3 is 0 Å². The number of rotatable bonds is 4. The van der Waals surface area contributed by atoms with E-state index in [1.54, 1.807) is 0 Å². The minimum absolute atomic E-state index is 0.365. The number of hydrogen-bond acceptors (Lipinski definition) is 3. The number of nitrogens with zero attached hydrogens (tertiary/aromatic N) is 1. The fourth-order valence-corrected chi connectivity index (χ4v) is 4.29. The highest BCUT2D eigenvalue weighted by atomic mass is 16.5. The molecule has 112 valence electrons. The van der Waals surface area contributed by atoms with E-state index in [9.17, 15) is 5.11 Å². The van der Waals surface area contributed by atoms with E-state index in [-0.39, 0.29) is 0 Å². The highest BCUT2D eigenvalue weighted by molar-refractivity contribution is 4.98. The van der Waals surface area contributed by atoms with Gasteiger partial charge in [0.2, 0.25) is 0 Å². The molecule has 3 nitrogen and oxygen atoms in total. The molecule has 0 aromatic carbocycles. The summed E-state index contributed by atoms with van der Waals surface area (Å²) >= 11 is 0. The second kappa shape index (κ2) is 6.55. The molecule has 19 heavy (non-hydrogen) atoms. The summed E-state index contributed by atoms with van der Waals surface area (Å²) in [6.45, 7) is 1.02. The van der Waals surface area contributed by atoms with Crippen molar-refractivity contribution in [1.29, 1.82) is 0 Å². The monoisotopic (exact) mass is 269 g/mol. The molecule has 2 aliphatic rings. The third-order valence-electron chi connectivity index (χ3n) is 5.34. The van der Waals surface area contributed by atoms with E-state index >= 15 is 0 Å². The van der Waals surface area contributed by atoms with Gasteiger partial charge in [0.25, 0.3) is 0 Å². The first-order valence-electron chi connectivity index (χ1n) is 7.96. The molecule has 4 atom stereocenters. The molecule has 0 aromatic rings. The molecule has 0 amide bonds. The second-order valence-corrected chi connectivity index (χ2v) is 6.92. The lowest BCUT2D eigenvalue weighted by molar-refractivity contribution is -0.124. The Morgan fingerprint density at radius 2 is 1.95 bits per heavy atom. The maximum atomic E-state index is 11.3. The van der Waals surface area contributed by atoms with Crippen LogP contribution in [-0.2, 0) is 4.74 Å². The van der Waals surface area contributed by atoms with E-state index in [1.165, 1.54) is 38.5 Å². The molecule has 2 aliphatic carbocycles. The molecule has 0 aliphatic heterocycles. The van der Waals surface area contributed by atoms with E-state index in [0.717, 1.165) is 19.4 Å². The van der Waals surface area contributed by atoms with Crippen LogP contribution in [0.2, 0.25) is 0 Å². The molecule has 2 fully saturated rings. The Hall–Kier alpha value is -0.120. The molecule has 0 saturated heterocycles. The maximum absolute atomic E-state index is 11.3. The number of ether oxygens (including phenoxy) is 1. The molecule has 3 heteroatoms. The van der Waals surface area contributed by atoms with Crippen molar-refractivity contribution in [2.75, 3.05) is 27.7 Å². The summed E-state index contributed by atoms with van der Waals surface area (Å²) in [5, 5.41) is 11.3. The summed E-state index contributed by atoms with van der Waals surface area (Å²) in [5.74, 6) is 0.883. The van der Waals surface area contributed by atoms with E-state index in [4.69, 9.17) is 4.74 Å². The smallest absolute Gasteiger partial charge is 0.0716 e. The Kier molecular flexibility index (Phi) is 5.27. The molecule has 2 rings (SSSR count). The van der Waals surface area contributed by atoms with Gasteiger partial charge in [-0.25, -0.2) is 0 Å². The van der Waals surface area contributed by atoms with Gasteiger partial charge in [0, 0.05) is 19.6 Å².